The summed E-state index contributed by atoms with van der Waals surface area (Å²) in [5.41, 5.74) is 4.33. The van der Waals surface area contributed by atoms with Crippen LogP contribution in [0.25, 0.3) is 0 Å². The lowest BCUT2D eigenvalue weighted by Gasteiger charge is -2.13. The van der Waals surface area contributed by atoms with E-state index in [2.05, 4.69) is 36.9 Å². The second-order valence-electron chi connectivity index (χ2n) is 5.87. The second-order valence-corrected chi connectivity index (χ2v) is 5.87. The summed E-state index contributed by atoms with van der Waals surface area (Å²) in [4.78, 5) is 14.4. The van der Waals surface area contributed by atoms with Crippen LogP contribution >= 0.6 is 0 Å². The van der Waals surface area contributed by atoms with Gasteiger partial charge in [0.25, 0.3) is 0 Å². The van der Waals surface area contributed by atoms with Gasteiger partial charge in [-0.15, -0.1) is 0 Å². The summed E-state index contributed by atoms with van der Waals surface area (Å²) in [6.45, 7) is 5.57. The first-order chi connectivity index (χ1) is 11.1. The Morgan fingerprint density at radius 1 is 1.13 bits per heavy atom. The van der Waals surface area contributed by atoms with Crippen molar-refractivity contribution in [2.45, 2.75) is 19.9 Å². The Morgan fingerprint density at radius 2 is 1.78 bits per heavy atom. The highest BCUT2D eigenvalue weighted by Crippen LogP contribution is 2.33. The fraction of sp³-hybridized carbons (Fsp3) is 0.316. The molecule has 0 spiro atoms. The van der Waals surface area contributed by atoms with Crippen molar-refractivity contribution < 1.29 is 14.3 Å². The molecule has 0 aliphatic carbocycles. The minimum atomic E-state index is -0.291. The Bertz CT molecular complexity index is 689. The molecule has 1 aliphatic heterocycles. The first-order valence-corrected chi connectivity index (χ1v) is 7.74. The van der Waals surface area contributed by atoms with Crippen LogP contribution in [0.1, 0.15) is 21.5 Å². The third kappa shape index (κ3) is 3.31. The highest BCUT2D eigenvalue weighted by atomic mass is 16.5. The van der Waals surface area contributed by atoms with Crippen LogP contribution in [0, 0.1) is 13.8 Å². The number of para-hydroxylation sites is 1. The monoisotopic (exact) mass is 311 g/mol. The number of ether oxygens (including phenoxy) is 2. The number of hydrogen-bond donors (Lipinski definition) is 0. The van der Waals surface area contributed by atoms with Crippen molar-refractivity contribution >= 4 is 11.7 Å². The summed E-state index contributed by atoms with van der Waals surface area (Å²) < 4.78 is 10.5. The number of carbonyl (C=O) groups is 1. The molecule has 0 amide bonds. The lowest BCUT2D eigenvalue weighted by Crippen LogP contribution is -2.14. The summed E-state index contributed by atoms with van der Waals surface area (Å²) in [6.07, 6.45) is 0. The molecule has 1 fully saturated rings. The molecule has 0 aromatic heterocycles. The van der Waals surface area contributed by atoms with Gasteiger partial charge in [-0.3, -0.25) is 0 Å². The smallest absolute Gasteiger partial charge is 0.338 e. The van der Waals surface area contributed by atoms with Crippen LogP contribution < -0.4 is 9.64 Å². The maximum Gasteiger partial charge on any atom is 0.338 e. The van der Waals surface area contributed by atoms with Gasteiger partial charge in [-0.2, -0.15) is 0 Å². The van der Waals surface area contributed by atoms with Crippen molar-refractivity contribution in [3.8, 4) is 5.75 Å². The predicted octanol–water partition coefficient (Wildman–Crippen LogP) is 3.36. The molecule has 0 saturated carbocycles. The molecule has 4 nitrogen and oxygen atoms in total. The van der Waals surface area contributed by atoms with Gasteiger partial charge in [0.05, 0.1) is 18.7 Å². The van der Waals surface area contributed by atoms with Crippen molar-refractivity contribution in [2.75, 3.05) is 25.2 Å². The third-order valence-electron chi connectivity index (χ3n) is 4.17. The van der Waals surface area contributed by atoms with E-state index in [0.717, 1.165) is 12.3 Å². The van der Waals surface area contributed by atoms with Crippen molar-refractivity contribution in [1.29, 1.82) is 0 Å². The van der Waals surface area contributed by atoms with E-state index in [1.165, 1.54) is 16.8 Å². The lowest BCUT2D eigenvalue weighted by molar-refractivity contribution is 0.0510. The lowest BCUT2D eigenvalue weighted by atomic mass is 10.1. The number of carbonyl (C=O) groups excluding carboxylic acids is 1. The largest absolute Gasteiger partial charge is 0.497 e. The van der Waals surface area contributed by atoms with Crippen molar-refractivity contribution in [1.82, 2.24) is 0 Å². The number of benzene rings is 2. The molecule has 1 atom stereocenters. The zero-order valence-corrected chi connectivity index (χ0v) is 13.7. The number of methoxy groups -OCH3 is 1. The minimum Gasteiger partial charge on any atom is -0.497 e. The number of aryl methyl sites for hydroxylation is 2. The van der Waals surface area contributed by atoms with Gasteiger partial charge in [0.2, 0.25) is 0 Å². The third-order valence-corrected chi connectivity index (χ3v) is 4.17. The first kappa shape index (κ1) is 15.4. The van der Waals surface area contributed by atoms with Crippen molar-refractivity contribution in [2.24, 2.45) is 0 Å². The summed E-state index contributed by atoms with van der Waals surface area (Å²) >= 11 is 0. The predicted molar refractivity (Wildman–Crippen MR) is 90.3 cm³/mol. The number of esters is 1. The molecule has 1 heterocycles. The van der Waals surface area contributed by atoms with Gasteiger partial charge in [-0.05, 0) is 49.2 Å². The summed E-state index contributed by atoms with van der Waals surface area (Å²) in [5, 5.41) is 0. The Kier molecular flexibility index (Phi) is 4.24. The maximum absolute atomic E-state index is 12.1. The molecular weight excluding hydrogens is 290 g/mol. The van der Waals surface area contributed by atoms with E-state index in [1.807, 2.05) is 0 Å². The fourth-order valence-corrected chi connectivity index (χ4v) is 2.84. The van der Waals surface area contributed by atoms with Crippen LogP contribution in [-0.4, -0.2) is 32.3 Å². The topological polar surface area (TPSA) is 38.5 Å². The number of rotatable bonds is 5. The molecule has 2 aromatic rings. The standard InChI is InChI=1S/C19H21NO3/c1-13-5-4-6-14(2)18(13)20-11-16(20)12-23-19(21)15-7-9-17(22-3)10-8-15/h4-10,16H,11-12H2,1-3H3. The summed E-state index contributed by atoms with van der Waals surface area (Å²) in [6, 6.07) is 13.5. The van der Waals surface area contributed by atoms with Gasteiger partial charge in [0, 0.05) is 12.2 Å². The van der Waals surface area contributed by atoms with E-state index < -0.39 is 0 Å². The summed E-state index contributed by atoms with van der Waals surface area (Å²) in [5.74, 6) is 0.436. The van der Waals surface area contributed by atoms with Crippen LogP contribution in [0.15, 0.2) is 42.5 Å². The second kappa shape index (κ2) is 6.32. The van der Waals surface area contributed by atoms with Crippen LogP contribution in [0.5, 0.6) is 5.75 Å². The Balaban J connectivity index is 1.57. The molecule has 0 N–H and O–H groups in total. The molecule has 1 aliphatic rings. The fourth-order valence-electron chi connectivity index (χ4n) is 2.84. The van der Waals surface area contributed by atoms with E-state index in [9.17, 15) is 4.79 Å². The average Bonchev–Trinajstić information content (AvgIpc) is 3.32. The average molecular weight is 311 g/mol. The quantitative estimate of drug-likeness (QED) is 0.627. The number of nitrogens with zero attached hydrogens (tertiary/aromatic N) is 1. The molecule has 1 saturated heterocycles. The van der Waals surface area contributed by atoms with Gasteiger partial charge >= 0.3 is 5.97 Å². The SMILES string of the molecule is COc1ccc(C(=O)OCC2CN2c2c(C)cccc2C)cc1. The molecule has 120 valence electrons. The first-order valence-electron chi connectivity index (χ1n) is 7.74. The van der Waals surface area contributed by atoms with E-state index in [4.69, 9.17) is 9.47 Å². The number of hydrogen-bond acceptors (Lipinski definition) is 4. The van der Waals surface area contributed by atoms with Gasteiger partial charge < -0.3 is 14.4 Å². The van der Waals surface area contributed by atoms with Gasteiger partial charge in [0.15, 0.2) is 0 Å². The number of anilines is 1. The molecule has 23 heavy (non-hydrogen) atoms. The highest BCUT2D eigenvalue weighted by molar-refractivity contribution is 5.89. The Labute approximate surface area is 136 Å². The van der Waals surface area contributed by atoms with Crippen LogP contribution in [0.4, 0.5) is 5.69 Å². The normalized spacial score (nSPS) is 16.1. The highest BCUT2D eigenvalue weighted by Gasteiger charge is 2.36. The van der Waals surface area contributed by atoms with Gasteiger partial charge in [-0.1, -0.05) is 18.2 Å². The minimum absolute atomic E-state index is 0.275. The molecule has 0 radical (unpaired) electrons. The van der Waals surface area contributed by atoms with E-state index in [1.54, 1.807) is 31.4 Å². The van der Waals surface area contributed by atoms with Crippen LogP contribution in [-0.2, 0) is 4.74 Å². The van der Waals surface area contributed by atoms with E-state index in [0.29, 0.717) is 12.2 Å². The molecule has 2 aromatic carbocycles. The zero-order chi connectivity index (χ0) is 16.4. The molecule has 1 unspecified atom stereocenters. The van der Waals surface area contributed by atoms with Crippen LogP contribution in [0.2, 0.25) is 0 Å². The van der Waals surface area contributed by atoms with Gasteiger partial charge in [-0.25, -0.2) is 4.79 Å². The van der Waals surface area contributed by atoms with E-state index >= 15 is 0 Å². The molecule has 3 rings (SSSR count). The van der Waals surface area contributed by atoms with Gasteiger partial charge in [0.1, 0.15) is 12.4 Å². The molecular formula is C19H21NO3. The van der Waals surface area contributed by atoms with Crippen LogP contribution in [0.3, 0.4) is 0 Å². The Morgan fingerprint density at radius 3 is 2.39 bits per heavy atom. The molecule has 4 heteroatoms. The summed E-state index contributed by atoms with van der Waals surface area (Å²) in [7, 11) is 1.60. The van der Waals surface area contributed by atoms with Crippen molar-refractivity contribution in [3.63, 3.8) is 0 Å². The van der Waals surface area contributed by atoms with E-state index in [-0.39, 0.29) is 12.0 Å². The van der Waals surface area contributed by atoms with Crippen molar-refractivity contribution in [3.05, 3.63) is 59.2 Å². The zero-order valence-electron chi connectivity index (χ0n) is 13.7. The Hall–Kier alpha value is -2.49. The maximum atomic E-state index is 12.1. The molecule has 0 bridgehead atoms.